The van der Waals surface area contributed by atoms with Gasteiger partial charge in [-0.3, -0.25) is 4.79 Å². The van der Waals surface area contributed by atoms with Crippen molar-refractivity contribution in [2.75, 3.05) is 0 Å². The van der Waals surface area contributed by atoms with Crippen molar-refractivity contribution in [2.45, 2.75) is 126 Å². The van der Waals surface area contributed by atoms with Crippen molar-refractivity contribution in [1.82, 2.24) is 0 Å². The van der Waals surface area contributed by atoms with E-state index in [1.54, 1.807) is 0 Å². The monoisotopic (exact) mass is 456 g/mol. The summed E-state index contributed by atoms with van der Waals surface area (Å²) in [6.07, 6.45) is 14.0. The van der Waals surface area contributed by atoms with Crippen LogP contribution in [0.25, 0.3) is 0 Å². The van der Waals surface area contributed by atoms with Crippen molar-refractivity contribution in [3.63, 3.8) is 0 Å². The lowest BCUT2D eigenvalue weighted by Crippen LogP contribution is -2.59. The quantitative estimate of drug-likeness (QED) is 0.411. The molecule has 0 aromatic carbocycles. The van der Waals surface area contributed by atoms with Gasteiger partial charge in [-0.2, -0.15) is 0 Å². The Hall–Kier alpha value is -0.630. The highest BCUT2D eigenvalue weighted by molar-refractivity contribution is 5.88. The Morgan fingerprint density at radius 2 is 1.73 bits per heavy atom. The van der Waals surface area contributed by atoms with Crippen LogP contribution in [0.15, 0.2) is 11.6 Å². The van der Waals surface area contributed by atoms with E-state index < -0.39 is 0 Å². The predicted octanol–water partition coefficient (Wildman–Crippen LogP) is 7.98. The third kappa shape index (κ3) is 3.54. The van der Waals surface area contributed by atoms with Crippen LogP contribution in [0, 0.1) is 51.2 Å². The van der Waals surface area contributed by atoms with E-state index in [0.717, 1.165) is 31.6 Å². The SMILES string of the molecule is CC(=O)[C@@]12CC[C@H]([C@H](C)CCCC(C)C)[C@@]1(C)CC[C@H]1C2=CC[C@H]2C(C)(C)[C@@H](O)CC[C@]12C. The molecule has 0 unspecified atom stereocenters. The molecule has 0 heterocycles. The molecule has 4 rings (SSSR count). The average molecular weight is 457 g/mol. The number of Topliss-reactive ketones (excluding diaryl/α,β-unsaturated/α-hetero) is 1. The van der Waals surface area contributed by atoms with Gasteiger partial charge in [-0.15, -0.1) is 0 Å². The first-order valence-electron chi connectivity index (χ1n) is 14.2. The highest BCUT2D eigenvalue weighted by atomic mass is 16.3. The van der Waals surface area contributed by atoms with Crippen LogP contribution >= 0.6 is 0 Å². The summed E-state index contributed by atoms with van der Waals surface area (Å²) in [6.45, 7) is 18.7. The summed E-state index contributed by atoms with van der Waals surface area (Å²) in [7, 11) is 0. The lowest BCUT2D eigenvalue weighted by molar-refractivity contribution is -0.147. The Labute approximate surface area is 204 Å². The lowest BCUT2D eigenvalue weighted by Gasteiger charge is -2.64. The van der Waals surface area contributed by atoms with Crippen LogP contribution in [0.2, 0.25) is 0 Å². The fourth-order valence-corrected chi connectivity index (χ4v) is 10.1. The van der Waals surface area contributed by atoms with Crippen molar-refractivity contribution >= 4 is 5.78 Å². The van der Waals surface area contributed by atoms with E-state index in [-0.39, 0.29) is 27.8 Å². The standard InChI is InChI=1S/C31H52O2/c1-20(2)10-9-11-21(3)23-15-19-31(22(4)32)25-12-13-26-28(5,6)27(33)16-17-29(26,7)24(25)14-18-30(23,31)8/h12,20-21,23-24,26-27,33H,9-11,13-19H2,1-8H3/t21-,23-,24+,26+,27+,29-,30-,31-/m1/s1. The minimum Gasteiger partial charge on any atom is -0.393 e. The Balaban J connectivity index is 1.69. The summed E-state index contributed by atoms with van der Waals surface area (Å²) < 4.78 is 0. The van der Waals surface area contributed by atoms with E-state index >= 15 is 0 Å². The summed E-state index contributed by atoms with van der Waals surface area (Å²) in [5.41, 5.74) is 1.54. The molecule has 0 spiro atoms. The van der Waals surface area contributed by atoms with Gasteiger partial charge in [0.15, 0.2) is 0 Å². The molecule has 0 amide bonds. The minimum atomic E-state index is -0.249. The molecule has 0 bridgehead atoms. The number of carbonyl (C=O) groups is 1. The van der Waals surface area contributed by atoms with Crippen molar-refractivity contribution < 1.29 is 9.90 Å². The molecule has 0 aromatic heterocycles. The maximum atomic E-state index is 13.7. The molecule has 4 aliphatic rings. The van der Waals surface area contributed by atoms with E-state index in [0.29, 0.717) is 29.5 Å². The molecule has 0 aromatic rings. The van der Waals surface area contributed by atoms with Gasteiger partial charge in [0.2, 0.25) is 0 Å². The Kier molecular flexibility index (Phi) is 6.55. The largest absolute Gasteiger partial charge is 0.393 e. The third-order valence-electron chi connectivity index (χ3n) is 12.1. The van der Waals surface area contributed by atoms with E-state index in [2.05, 4.69) is 54.5 Å². The minimum absolute atomic E-state index is 0.0533. The molecule has 4 aliphatic carbocycles. The average Bonchev–Trinajstić information content (AvgIpc) is 3.05. The number of hydrogen-bond acceptors (Lipinski definition) is 2. The van der Waals surface area contributed by atoms with Crippen LogP contribution < -0.4 is 0 Å². The number of hydrogen-bond donors (Lipinski definition) is 1. The summed E-state index contributed by atoms with van der Waals surface area (Å²) in [5.74, 6) is 3.59. The summed E-state index contributed by atoms with van der Waals surface area (Å²) in [6, 6.07) is 0. The number of rotatable bonds is 6. The molecule has 0 aliphatic heterocycles. The Morgan fingerprint density at radius 1 is 1.03 bits per heavy atom. The molecule has 3 saturated carbocycles. The van der Waals surface area contributed by atoms with Crippen LogP contribution in [0.3, 0.4) is 0 Å². The second-order valence-electron chi connectivity index (χ2n) is 14.2. The van der Waals surface area contributed by atoms with Gasteiger partial charge in [-0.25, -0.2) is 0 Å². The smallest absolute Gasteiger partial charge is 0.140 e. The highest BCUT2D eigenvalue weighted by Gasteiger charge is 2.68. The van der Waals surface area contributed by atoms with Crippen molar-refractivity contribution in [1.29, 1.82) is 0 Å². The van der Waals surface area contributed by atoms with Gasteiger partial charge in [-0.05, 0) is 97.7 Å². The molecule has 0 saturated heterocycles. The van der Waals surface area contributed by atoms with Crippen LogP contribution in [0.1, 0.15) is 120 Å². The first-order valence-corrected chi connectivity index (χ1v) is 14.2. The van der Waals surface area contributed by atoms with Crippen molar-refractivity contribution in [2.24, 2.45) is 51.2 Å². The van der Waals surface area contributed by atoms with Crippen LogP contribution in [-0.2, 0) is 4.79 Å². The molecule has 188 valence electrons. The van der Waals surface area contributed by atoms with Gasteiger partial charge in [0.1, 0.15) is 5.78 Å². The number of fused-ring (bicyclic) bond motifs is 5. The van der Waals surface area contributed by atoms with Gasteiger partial charge in [-0.1, -0.05) is 79.4 Å². The van der Waals surface area contributed by atoms with Crippen LogP contribution in [-0.4, -0.2) is 17.0 Å². The van der Waals surface area contributed by atoms with E-state index in [1.165, 1.54) is 44.1 Å². The second-order valence-corrected chi connectivity index (χ2v) is 14.2. The van der Waals surface area contributed by atoms with Gasteiger partial charge < -0.3 is 5.11 Å². The molecule has 3 fully saturated rings. The zero-order valence-electron chi connectivity index (χ0n) is 23.0. The number of aliphatic hydroxyl groups is 1. The summed E-state index contributed by atoms with van der Waals surface area (Å²) in [5, 5.41) is 10.8. The molecular formula is C31H52O2. The van der Waals surface area contributed by atoms with Crippen molar-refractivity contribution in [3.8, 4) is 0 Å². The molecule has 0 radical (unpaired) electrons. The van der Waals surface area contributed by atoms with Crippen LogP contribution in [0.4, 0.5) is 0 Å². The van der Waals surface area contributed by atoms with Gasteiger partial charge >= 0.3 is 0 Å². The fraction of sp³-hybridized carbons (Fsp3) is 0.903. The first-order chi connectivity index (χ1) is 15.3. The number of allylic oxidation sites excluding steroid dienone is 2. The van der Waals surface area contributed by atoms with E-state index in [1.807, 2.05) is 6.92 Å². The molecule has 8 atom stereocenters. The number of aliphatic hydroxyl groups excluding tert-OH is 1. The molecule has 1 N–H and O–H groups in total. The number of carbonyl (C=O) groups excluding carboxylic acids is 1. The van der Waals surface area contributed by atoms with Gasteiger partial charge in [0, 0.05) is 0 Å². The Morgan fingerprint density at radius 3 is 2.36 bits per heavy atom. The maximum absolute atomic E-state index is 13.7. The topological polar surface area (TPSA) is 37.3 Å². The zero-order chi connectivity index (χ0) is 24.4. The lowest BCUT2D eigenvalue weighted by atomic mass is 9.40. The van der Waals surface area contributed by atoms with Gasteiger partial charge in [0.05, 0.1) is 11.5 Å². The van der Waals surface area contributed by atoms with E-state index in [4.69, 9.17) is 0 Å². The summed E-state index contributed by atoms with van der Waals surface area (Å²) >= 11 is 0. The maximum Gasteiger partial charge on any atom is 0.140 e. The van der Waals surface area contributed by atoms with E-state index in [9.17, 15) is 9.90 Å². The molecular weight excluding hydrogens is 404 g/mol. The molecule has 2 nitrogen and oxygen atoms in total. The van der Waals surface area contributed by atoms with Gasteiger partial charge in [0.25, 0.3) is 0 Å². The van der Waals surface area contributed by atoms with Crippen LogP contribution in [0.5, 0.6) is 0 Å². The Bertz CT molecular complexity index is 793. The molecule has 33 heavy (non-hydrogen) atoms. The normalized spacial score (nSPS) is 45.1. The first kappa shape index (κ1) is 25.5. The van der Waals surface area contributed by atoms with Crippen molar-refractivity contribution in [3.05, 3.63) is 11.6 Å². The second kappa shape index (κ2) is 8.49. The number of ketones is 1. The predicted molar refractivity (Wildman–Crippen MR) is 138 cm³/mol. The third-order valence-corrected chi connectivity index (χ3v) is 12.1. The fourth-order valence-electron chi connectivity index (χ4n) is 10.1. The molecule has 2 heteroatoms. The summed E-state index contributed by atoms with van der Waals surface area (Å²) in [4.78, 5) is 13.7. The zero-order valence-corrected chi connectivity index (χ0v) is 23.0. The highest BCUT2D eigenvalue weighted by Crippen LogP contribution is 2.73.